The molecule has 0 aliphatic carbocycles. The van der Waals surface area contributed by atoms with Crippen LogP contribution in [0.1, 0.15) is 32.3 Å². The highest BCUT2D eigenvalue weighted by Gasteiger charge is 2.33. The van der Waals surface area contributed by atoms with Crippen molar-refractivity contribution in [3.8, 4) is 5.75 Å². The predicted molar refractivity (Wildman–Crippen MR) is 106 cm³/mol. The molecule has 2 amide bonds. The average Bonchev–Trinajstić information content (AvgIpc) is 2.71. The molecule has 0 radical (unpaired) electrons. The summed E-state index contributed by atoms with van der Waals surface area (Å²) < 4.78 is 4.76. The van der Waals surface area contributed by atoms with Gasteiger partial charge in [-0.1, -0.05) is 26.0 Å². The molecule has 1 heterocycles. The number of hydrazine groups is 1. The first-order valence-corrected chi connectivity index (χ1v) is 9.72. The number of hydrogen-bond acceptors (Lipinski definition) is 7. The first kappa shape index (κ1) is 22.6. The number of carbonyl (C=O) groups is 3. The Kier molecular flexibility index (Phi) is 7.98. The van der Waals surface area contributed by atoms with Gasteiger partial charge in [0.15, 0.2) is 0 Å². The van der Waals surface area contributed by atoms with Crippen molar-refractivity contribution in [2.45, 2.75) is 51.2 Å². The molecule has 0 bridgehead atoms. The highest BCUT2D eigenvalue weighted by molar-refractivity contribution is 5.90. The van der Waals surface area contributed by atoms with Gasteiger partial charge in [0.25, 0.3) is 5.91 Å². The zero-order valence-corrected chi connectivity index (χ0v) is 17.1. The van der Waals surface area contributed by atoms with Crippen LogP contribution in [0.3, 0.4) is 0 Å². The minimum absolute atomic E-state index is 0.0701. The van der Waals surface area contributed by atoms with Gasteiger partial charge in [-0.3, -0.25) is 19.4 Å². The highest BCUT2D eigenvalue weighted by atomic mass is 16.5. The molecule has 1 aliphatic heterocycles. The van der Waals surface area contributed by atoms with Crippen molar-refractivity contribution in [2.24, 2.45) is 11.7 Å². The fourth-order valence-corrected chi connectivity index (χ4v) is 3.14. The van der Waals surface area contributed by atoms with Crippen LogP contribution in [0.4, 0.5) is 0 Å². The predicted octanol–water partition coefficient (Wildman–Crippen LogP) is 0.0714. The van der Waals surface area contributed by atoms with Crippen LogP contribution in [0.15, 0.2) is 24.3 Å². The summed E-state index contributed by atoms with van der Waals surface area (Å²) in [5.74, 6) is -1.28. The summed E-state index contributed by atoms with van der Waals surface area (Å²) in [5.41, 5.74) is 9.50. The van der Waals surface area contributed by atoms with Crippen molar-refractivity contribution in [3.63, 3.8) is 0 Å². The fourth-order valence-electron chi connectivity index (χ4n) is 3.14. The molecule has 0 spiro atoms. The number of phenolic OH excluding ortho intramolecular Hbond substituents is 1. The Labute approximate surface area is 170 Å². The number of esters is 1. The zero-order chi connectivity index (χ0) is 21.6. The molecule has 0 saturated carbocycles. The van der Waals surface area contributed by atoms with E-state index >= 15 is 0 Å². The highest BCUT2D eigenvalue weighted by Crippen LogP contribution is 2.15. The Bertz CT molecular complexity index is 739. The minimum Gasteiger partial charge on any atom is -0.508 e. The lowest BCUT2D eigenvalue weighted by Gasteiger charge is -2.35. The first-order valence-electron chi connectivity index (χ1n) is 9.72. The van der Waals surface area contributed by atoms with Crippen molar-refractivity contribution in [3.05, 3.63) is 29.8 Å². The van der Waals surface area contributed by atoms with Crippen molar-refractivity contribution in [2.75, 3.05) is 13.7 Å². The van der Waals surface area contributed by atoms with Crippen LogP contribution in [0.25, 0.3) is 0 Å². The summed E-state index contributed by atoms with van der Waals surface area (Å²) in [6.07, 6.45) is 1.35. The van der Waals surface area contributed by atoms with E-state index in [9.17, 15) is 19.5 Å². The molecule has 2 rings (SSSR count). The van der Waals surface area contributed by atoms with Crippen LogP contribution in [0.5, 0.6) is 5.75 Å². The SMILES string of the molecule is COC(=O)[C@@H]1CCCN(C(=O)[C@H](Cc2cccc(O)c2)NC(=O)C(N)C(C)C)N1. The van der Waals surface area contributed by atoms with Gasteiger partial charge in [0.05, 0.1) is 13.2 Å². The van der Waals surface area contributed by atoms with Gasteiger partial charge >= 0.3 is 5.97 Å². The van der Waals surface area contributed by atoms with Gasteiger partial charge in [-0.05, 0) is 36.5 Å². The van der Waals surface area contributed by atoms with Crippen molar-refractivity contribution in [1.82, 2.24) is 15.8 Å². The second kappa shape index (κ2) is 10.2. The molecule has 1 aromatic rings. The third-order valence-corrected chi connectivity index (χ3v) is 4.92. The van der Waals surface area contributed by atoms with Crippen molar-refractivity contribution in [1.29, 1.82) is 0 Å². The largest absolute Gasteiger partial charge is 0.508 e. The van der Waals surface area contributed by atoms with E-state index in [0.717, 1.165) is 0 Å². The van der Waals surface area contributed by atoms with E-state index in [0.29, 0.717) is 24.9 Å². The number of nitrogens with zero attached hydrogens (tertiary/aromatic N) is 1. The number of aromatic hydroxyl groups is 1. The Hall–Kier alpha value is -2.65. The first-order chi connectivity index (χ1) is 13.7. The van der Waals surface area contributed by atoms with Crippen LogP contribution in [0.2, 0.25) is 0 Å². The molecule has 9 nitrogen and oxygen atoms in total. The Morgan fingerprint density at radius 1 is 1.38 bits per heavy atom. The third kappa shape index (κ3) is 6.16. The van der Waals surface area contributed by atoms with Crippen LogP contribution in [-0.2, 0) is 25.5 Å². The molecule has 29 heavy (non-hydrogen) atoms. The average molecular weight is 406 g/mol. The molecule has 1 saturated heterocycles. The number of hydrogen-bond donors (Lipinski definition) is 4. The maximum Gasteiger partial charge on any atom is 0.324 e. The quantitative estimate of drug-likeness (QED) is 0.471. The normalized spacial score (nSPS) is 18.8. The summed E-state index contributed by atoms with van der Waals surface area (Å²) in [5, 5.41) is 13.8. The Morgan fingerprint density at radius 2 is 2.10 bits per heavy atom. The van der Waals surface area contributed by atoms with Gasteiger partial charge in [0.2, 0.25) is 5.91 Å². The van der Waals surface area contributed by atoms with Gasteiger partial charge in [0, 0.05) is 13.0 Å². The molecule has 5 N–H and O–H groups in total. The summed E-state index contributed by atoms with van der Waals surface area (Å²) >= 11 is 0. The van der Waals surface area contributed by atoms with E-state index in [1.165, 1.54) is 24.3 Å². The van der Waals surface area contributed by atoms with E-state index in [4.69, 9.17) is 10.5 Å². The number of phenols is 1. The molecule has 1 aliphatic rings. The Balaban J connectivity index is 2.19. The monoisotopic (exact) mass is 406 g/mol. The number of nitrogens with two attached hydrogens (primary N) is 1. The minimum atomic E-state index is -0.905. The summed E-state index contributed by atoms with van der Waals surface area (Å²) in [7, 11) is 1.29. The fraction of sp³-hybridized carbons (Fsp3) is 0.550. The van der Waals surface area contributed by atoms with E-state index in [1.54, 1.807) is 12.1 Å². The van der Waals surface area contributed by atoms with Gasteiger partial charge in [-0.15, -0.1) is 0 Å². The lowest BCUT2D eigenvalue weighted by atomic mass is 10.0. The molecule has 1 fully saturated rings. The zero-order valence-electron chi connectivity index (χ0n) is 17.1. The molecular formula is C20H30N4O5. The van der Waals surface area contributed by atoms with Crippen LogP contribution in [-0.4, -0.2) is 59.7 Å². The molecule has 3 atom stereocenters. The number of amides is 2. The van der Waals surface area contributed by atoms with E-state index in [2.05, 4.69) is 10.7 Å². The standard InChI is InChI=1S/C20H30N4O5/c1-12(2)17(21)18(26)22-16(11-13-6-4-7-14(25)10-13)19(27)24-9-5-8-15(23-24)20(28)29-3/h4,6-7,10,12,15-17,23,25H,5,8-9,11,21H2,1-3H3,(H,22,26)/t15-,16-,17?/m0/s1. The number of benzene rings is 1. The Morgan fingerprint density at radius 3 is 2.72 bits per heavy atom. The lowest BCUT2D eigenvalue weighted by Crippen LogP contribution is -2.61. The topological polar surface area (TPSA) is 134 Å². The second-order valence-corrected chi connectivity index (χ2v) is 7.54. The lowest BCUT2D eigenvalue weighted by molar-refractivity contribution is -0.151. The maximum atomic E-state index is 13.2. The number of methoxy groups -OCH3 is 1. The maximum absolute atomic E-state index is 13.2. The van der Waals surface area contributed by atoms with Crippen LogP contribution >= 0.6 is 0 Å². The van der Waals surface area contributed by atoms with Crippen LogP contribution < -0.4 is 16.5 Å². The smallest absolute Gasteiger partial charge is 0.324 e. The van der Waals surface area contributed by atoms with E-state index in [1.807, 2.05) is 13.8 Å². The van der Waals surface area contributed by atoms with Gasteiger partial charge in [-0.2, -0.15) is 0 Å². The van der Waals surface area contributed by atoms with Crippen molar-refractivity contribution >= 4 is 17.8 Å². The molecule has 1 aromatic carbocycles. The molecule has 0 aromatic heterocycles. The van der Waals surface area contributed by atoms with E-state index < -0.39 is 30.0 Å². The molecule has 1 unspecified atom stereocenters. The van der Waals surface area contributed by atoms with Gasteiger partial charge in [0.1, 0.15) is 17.8 Å². The summed E-state index contributed by atoms with van der Waals surface area (Å²) in [4.78, 5) is 37.5. The third-order valence-electron chi connectivity index (χ3n) is 4.92. The summed E-state index contributed by atoms with van der Waals surface area (Å²) in [6, 6.07) is 4.21. The van der Waals surface area contributed by atoms with Gasteiger partial charge in [-0.25, -0.2) is 5.43 Å². The number of carbonyl (C=O) groups excluding carboxylic acids is 3. The van der Waals surface area contributed by atoms with Crippen molar-refractivity contribution < 1.29 is 24.2 Å². The number of rotatable bonds is 7. The number of nitrogens with one attached hydrogen (secondary N) is 2. The summed E-state index contributed by atoms with van der Waals surface area (Å²) in [6.45, 7) is 4.04. The molecule has 160 valence electrons. The van der Waals surface area contributed by atoms with E-state index in [-0.39, 0.29) is 24.0 Å². The van der Waals surface area contributed by atoms with Crippen LogP contribution in [0, 0.1) is 5.92 Å². The molecule has 9 heteroatoms. The molecular weight excluding hydrogens is 376 g/mol. The number of ether oxygens (including phenoxy) is 1. The second-order valence-electron chi connectivity index (χ2n) is 7.54. The van der Waals surface area contributed by atoms with Gasteiger partial charge < -0.3 is 20.9 Å².